The first-order valence-corrected chi connectivity index (χ1v) is 11.1. The van der Waals surface area contributed by atoms with Crippen LogP contribution in [-0.2, 0) is 12.8 Å². The third-order valence-corrected chi connectivity index (χ3v) is 5.96. The number of nitrogens with zero attached hydrogens (tertiary/aromatic N) is 5. The molecular weight excluding hydrogens is 390 g/mol. The standard InChI is InChI=1S/C24H29N5O2/c1-5-8-21-26-14-18(17-10-11-25-13-15(17)3)23(27-21)20-9-7-12-29(20)24(30)22-16(4)31-28-19(22)6-2/h10-11,13-14,20H,5-9,12H2,1-4H3/t20-/m0/s1. The Hall–Kier alpha value is -3.09. The number of aryl methyl sites for hydroxylation is 4. The number of rotatable bonds is 6. The number of carbonyl (C=O) groups is 1. The normalized spacial score (nSPS) is 16.1. The van der Waals surface area contributed by atoms with E-state index in [1.807, 2.05) is 37.2 Å². The van der Waals surface area contributed by atoms with Crippen LogP contribution < -0.4 is 0 Å². The van der Waals surface area contributed by atoms with Gasteiger partial charge in [-0.3, -0.25) is 9.78 Å². The number of amides is 1. The first-order valence-electron chi connectivity index (χ1n) is 11.1. The average Bonchev–Trinajstić information content (AvgIpc) is 3.41. The fraction of sp³-hybridized carbons (Fsp3) is 0.458. The van der Waals surface area contributed by atoms with Crippen molar-refractivity contribution in [3.8, 4) is 11.1 Å². The van der Waals surface area contributed by atoms with Crippen molar-refractivity contribution in [2.45, 2.75) is 65.8 Å². The summed E-state index contributed by atoms with van der Waals surface area (Å²) in [5.41, 5.74) is 5.33. The van der Waals surface area contributed by atoms with Crippen molar-refractivity contribution in [2.75, 3.05) is 6.54 Å². The molecule has 1 aliphatic rings. The molecule has 31 heavy (non-hydrogen) atoms. The van der Waals surface area contributed by atoms with Gasteiger partial charge in [0.15, 0.2) is 0 Å². The summed E-state index contributed by atoms with van der Waals surface area (Å²) in [6.45, 7) is 8.65. The number of carbonyl (C=O) groups excluding carboxylic acids is 1. The van der Waals surface area contributed by atoms with E-state index in [2.05, 4.69) is 22.0 Å². The maximum atomic E-state index is 13.6. The first kappa shape index (κ1) is 21.2. The van der Waals surface area contributed by atoms with Crippen LogP contribution in [0.5, 0.6) is 0 Å². The molecule has 0 aliphatic carbocycles. The molecule has 3 aromatic heterocycles. The van der Waals surface area contributed by atoms with Crippen molar-refractivity contribution < 1.29 is 9.32 Å². The Balaban J connectivity index is 1.80. The van der Waals surface area contributed by atoms with E-state index < -0.39 is 0 Å². The molecule has 7 nitrogen and oxygen atoms in total. The van der Waals surface area contributed by atoms with Crippen LogP contribution in [0.25, 0.3) is 11.1 Å². The Labute approximate surface area is 182 Å². The molecule has 1 atom stereocenters. The molecule has 7 heteroatoms. The third-order valence-electron chi connectivity index (χ3n) is 5.96. The van der Waals surface area contributed by atoms with E-state index in [4.69, 9.17) is 9.51 Å². The summed E-state index contributed by atoms with van der Waals surface area (Å²) in [4.78, 5) is 29.4. The van der Waals surface area contributed by atoms with E-state index in [1.165, 1.54) is 0 Å². The molecule has 0 radical (unpaired) electrons. The molecular formula is C24H29N5O2. The topological polar surface area (TPSA) is 85.0 Å². The minimum absolute atomic E-state index is 0.0221. The van der Waals surface area contributed by atoms with Crippen molar-refractivity contribution in [1.29, 1.82) is 0 Å². The number of hydrogen-bond donors (Lipinski definition) is 0. The second kappa shape index (κ2) is 8.96. The van der Waals surface area contributed by atoms with E-state index in [0.717, 1.165) is 53.9 Å². The summed E-state index contributed by atoms with van der Waals surface area (Å²) in [7, 11) is 0. The van der Waals surface area contributed by atoms with Crippen molar-refractivity contribution >= 4 is 5.91 Å². The molecule has 0 unspecified atom stereocenters. The minimum Gasteiger partial charge on any atom is -0.361 e. The number of hydrogen-bond acceptors (Lipinski definition) is 6. The van der Waals surface area contributed by atoms with E-state index in [1.54, 1.807) is 13.1 Å². The van der Waals surface area contributed by atoms with Crippen LogP contribution in [0.4, 0.5) is 0 Å². The van der Waals surface area contributed by atoms with Crippen LogP contribution in [-0.4, -0.2) is 37.5 Å². The highest BCUT2D eigenvalue weighted by Crippen LogP contribution is 2.38. The monoisotopic (exact) mass is 419 g/mol. The molecule has 1 saturated heterocycles. The van der Waals surface area contributed by atoms with E-state index in [0.29, 0.717) is 30.0 Å². The van der Waals surface area contributed by atoms with Gasteiger partial charge in [-0.15, -0.1) is 0 Å². The summed E-state index contributed by atoms with van der Waals surface area (Å²) in [6.07, 6.45) is 9.81. The van der Waals surface area contributed by atoms with Crippen LogP contribution in [0.15, 0.2) is 29.2 Å². The highest BCUT2D eigenvalue weighted by Gasteiger charge is 2.36. The second-order valence-corrected chi connectivity index (χ2v) is 8.10. The van der Waals surface area contributed by atoms with Gasteiger partial charge in [0.2, 0.25) is 0 Å². The Morgan fingerprint density at radius 2 is 2.06 bits per heavy atom. The quantitative estimate of drug-likeness (QED) is 0.579. The van der Waals surface area contributed by atoms with E-state index in [-0.39, 0.29) is 11.9 Å². The zero-order valence-corrected chi connectivity index (χ0v) is 18.7. The lowest BCUT2D eigenvalue weighted by atomic mass is 9.97. The third kappa shape index (κ3) is 3.96. The van der Waals surface area contributed by atoms with Crippen molar-refractivity contribution in [1.82, 2.24) is 25.0 Å². The molecule has 3 aromatic rings. The molecule has 162 valence electrons. The Morgan fingerprint density at radius 1 is 1.23 bits per heavy atom. The van der Waals surface area contributed by atoms with Crippen LogP contribution >= 0.6 is 0 Å². The van der Waals surface area contributed by atoms with Crippen molar-refractivity contribution in [3.63, 3.8) is 0 Å². The lowest BCUT2D eigenvalue weighted by Crippen LogP contribution is -2.32. The first-order chi connectivity index (χ1) is 15.0. The minimum atomic E-state index is -0.104. The molecule has 0 spiro atoms. The highest BCUT2D eigenvalue weighted by molar-refractivity contribution is 5.96. The predicted octanol–water partition coefficient (Wildman–Crippen LogP) is 4.64. The summed E-state index contributed by atoms with van der Waals surface area (Å²) < 4.78 is 5.34. The van der Waals surface area contributed by atoms with Gasteiger partial charge in [-0.05, 0) is 56.7 Å². The molecule has 0 saturated carbocycles. The van der Waals surface area contributed by atoms with Crippen LogP contribution in [0.2, 0.25) is 0 Å². The van der Waals surface area contributed by atoms with Crippen LogP contribution in [0.1, 0.15) is 78.0 Å². The van der Waals surface area contributed by atoms with Gasteiger partial charge < -0.3 is 9.42 Å². The summed E-state index contributed by atoms with van der Waals surface area (Å²) >= 11 is 0. The van der Waals surface area contributed by atoms with Gasteiger partial charge in [0.05, 0.1) is 17.4 Å². The maximum absolute atomic E-state index is 13.6. The van der Waals surface area contributed by atoms with Crippen molar-refractivity contribution in [2.24, 2.45) is 0 Å². The zero-order valence-electron chi connectivity index (χ0n) is 18.7. The number of aromatic nitrogens is 4. The fourth-order valence-electron chi connectivity index (χ4n) is 4.39. The molecule has 0 aromatic carbocycles. The number of pyridine rings is 1. The number of likely N-dealkylation sites (tertiary alicyclic amines) is 1. The molecule has 1 aliphatic heterocycles. The molecule has 0 N–H and O–H groups in total. The summed E-state index contributed by atoms with van der Waals surface area (Å²) in [6, 6.07) is 1.89. The smallest absolute Gasteiger partial charge is 0.259 e. The molecule has 4 heterocycles. The van der Waals surface area contributed by atoms with Gasteiger partial charge in [0.1, 0.15) is 17.1 Å². The predicted molar refractivity (Wildman–Crippen MR) is 118 cm³/mol. The Morgan fingerprint density at radius 3 is 2.81 bits per heavy atom. The molecule has 1 amide bonds. The fourth-order valence-corrected chi connectivity index (χ4v) is 4.39. The van der Waals surface area contributed by atoms with E-state index >= 15 is 0 Å². The largest absolute Gasteiger partial charge is 0.361 e. The van der Waals surface area contributed by atoms with Crippen LogP contribution in [0.3, 0.4) is 0 Å². The maximum Gasteiger partial charge on any atom is 0.259 e. The van der Waals surface area contributed by atoms with Gasteiger partial charge in [-0.2, -0.15) is 0 Å². The second-order valence-electron chi connectivity index (χ2n) is 8.10. The summed E-state index contributed by atoms with van der Waals surface area (Å²) in [5.74, 6) is 1.38. The van der Waals surface area contributed by atoms with Gasteiger partial charge in [-0.1, -0.05) is 19.0 Å². The van der Waals surface area contributed by atoms with Crippen LogP contribution in [0, 0.1) is 13.8 Å². The zero-order chi connectivity index (χ0) is 22.0. The van der Waals surface area contributed by atoms with Gasteiger partial charge in [0, 0.05) is 37.1 Å². The SMILES string of the molecule is CCCc1ncc(-c2ccncc2C)c([C@@H]2CCCN2C(=O)c2c(CC)noc2C)n1. The Bertz CT molecular complexity index is 1090. The summed E-state index contributed by atoms with van der Waals surface area (Å²) in [5, 5.41) is 4.08. The average molecular weight is 420 g/mol. The lowest BCUT2D eigenvalue weighted by Gasteiger charge is -2.26. The van der Waals surface area contributed by atoms with Gasteiger partial charge in [-0.25, -0.2) is 9.97 Å². The molecule has 0 bridgehead atoms. The van der Waals surface area contributed by atoms with E-state index in [9.17, 15) is 4.79 Å². The van der Waals surface area contributed by atoms with Gasteiger partial charge >= 0.3 is 0 Å². The van der Waals surface area contributed by atoms with Gasteiger partial charge in [0.25, 0.3) is 5.91 Å². The van der Waals surface area contributed by atoms with Crippen molar-refractivity contribution in [3.05, 3.63) is 58.8 Å². The Kier molecular flexibility index (Phi) is 6.11. The highest BCUT2D eigenvalue weighted by atomic mass is 16.5. The lowest BCUT2D eigenvalue weighted by molar-refractivity contribution is 0.0730. The molecule has 4 rings (SSSR count). The molecule has 1 fully saturated rings.